The van der Waals surface area contributed by atoms with Gasteiger partial charge in [0.15, 0.2) is 5.82 Å². The second kappa shape index (κ2) is 8.80. The zero-order valence-corrected chi connectivity index (χ0v) is 16.4. The maximum atomic E-state index is 14.1. The number of nitrogens with zero attached hydrogens (tertiary/aromatic N) is 4. The maximum absolute atomic E-state index is 14.1. The van der Waals surface area contributed by atoms with Crippen LogP contribution in [0.3, 0.4) is 0 Å². The van der Waals surface area contributed by atoms with Gasteiger partial charge in [-0.15, -0.1) is 0 Å². The summed E-state index contributed by atoms with van der Waals surface area (Å²) in [5, 5.41) is 4.08. The lowest BCUT2D eigenvalue weighted by Crippen LogP contribution is -2.46. The van der Waals surface area contributed by atoms with Crippen LogP contribution >= 0.6 is 0 Å². The molecule has 0 N–H and O–H groups in total. The minimum Gasteiger partial charge on any atom is -0.338 e. The normalized spacial score (nSPS) is 16.8. The van der Waals surface area contributed by atoms with Gasteiger partial charge in [0.1, 0.15) is 11.6 Å². The number of hydrogen-bond acceptors (Lipinski definition) is 5. The van der Waals surface area contributed by atoms with E-state index in [1.165, 1.54) is 12.1 Å². The molecule has 1 unspecified atom stereocenters. The molecular weight excluding hydrogens is 374 g/mol. The number of hydrogen-bond donors (Lipinski definition) is 0. The highest BCUT2D eigenvalue weighted by molar-refractivity contribution is 5.22. The molecule has 0 aliphatic carbocycles. The van der Waals surface area contributed by atoms with Gasteiger partial charge in [-0.05, 0) is 18.6 Å². The third-order valence-corrected chi connectivity index (χ3v) is 5.44. The molecule has 0 radical (unpaired) electrons. The van der Waals surface area contributed by atoms with E-state index in [9.17, 15) is 8.78 Å². The van der Waals surface area contributed by atoms with Crippen LogP contribution in [0.25, 0.3) is 0 Å². The van der Waals surface area contributed by atoms with Crippen molar-refractivity contribution in [2.24, 2.45) is 0 Å². The van der Waals surface area contributed by atoms with Crippen molar-refractivity contribution in [2.75, 3.05) is 26.2 Å². The van der Waals surface area contributed by atoms with Crippen molar-refractivity contribution in [3.8, 4) is 0 Å². The molecule has 1 aromatic heterocycles. The molecule has 1 atom stereocenters. The van der Waals surface area contributed by atoms with Crippen LogP contribution in [0.1, 0.15) is 35.8 Å². The summed E-state index contributed by atoms with van der Waals surface area (Å²) in [4.78, 5) is 8.97. The average molecular weight is 398 g/mol. The van der Waals surface area contributed by atoms with Crippen LogP contribution in [-0.2, 0) is 13.0 Å². The Bertz CT molecular complexity index is 939. The lowest BCUT2D eigenvalue weighted by molar-refractivity contribution is 0.0893. The molecule has 0 saturated carbocycles. The first-order chi connectivity index (χ1) is 14.1. The number of halogens is 2. The largest absolute Gasteiger partial charge is 0.338 e. The van der Waals surface area contributed by atoms with E-state index >= 15 is 0 Å². The number of piperazine rings is 1. The smallest absolute Gasteiger partial charge is 0.240 e. The molecule has 1 aliphatic rings. The third kappa shape index (κ3) is 4.86. The van der Waals surface area contributed by atoms with Crippen LogP contribution in [0.2, 0.25) is 0 Å². The molecule has 1 aliphatic heterocycles. The molecule has 0 amide bonds. The Morgan fingerprint density at radius 2 is 1.79 bits per heavy atom. The Morgan fingerprint density at radius 1 is 1.03 bits per heavy atom. The fraction of sp³-hybridized carbons (Fsp3) is 0.364. The molecular formula is C22H24F2N4O. The summed E-state index contributed by atoms with van der Waals surface area (Å²) < 4.78 is 32.6. The van der Waals surface area contributed by atoms with Crippen molar-refractivity contribution in [1.82, 2.24) is 19.9 Å². The summed E-state index contributed by atoms with van der Waals surface area (Å²) in [7, 11) is 0. The van der Waals surface area contributed by atoms with Crippen LogP contribution in [0.15, 0.2) is 53.1 Å². The van der Waals surface area contributed by atoms with E-state index < -0.39 is 11.6 Å². The van der Waals surface area contributed by atoms with E-state index in [0.29, 0.717) is 30.2 Å². The Balaban J connectivity index is 1.30. The summed E-state index contributed by atoms with van der Waals surface area (Å²) >= 11 is 0. The topological polar surface area (TPSA) is 45.4 Å². The Morgan fingerprint density at radius 3 is 2.52 bits per heavy atom. The van der Waals surface area contributed by atoms with Crippen LogP contribution < -0.4 is 0 Å². The number of rotatable bonds is 6. The standard InChI is InChI=1S/C22H24F2N4O/c1-16(19-8-7-18(23)14-20(19)24)28-11-9-27(10-12-28)15-22-25-21(26-29-22)13-17-5-3-2-4-6-17/h2-8,14,16H,9-13,15H2,1H3. The van der Waals surface area contributed by atoms with Gasteiger partial charge in [0, 0.05) is 50.3 Å². The maximum Gasteiger partial charge on any atom is 0.240 e. The van der Waals surface area contributed by atoms with Crippen LogP contribution in [0, 0.1) is 11.6 Å². The van der Waals surface area contributed by atoms with Gasteiger partial charge in [0.05, 0.1) is 6.54 Å². The van der Waals surface area contributed by atoms with E-state index in [0.717, 1.165) is 37.8 Å². The van der Waals surface area contributed by atoms with Crippen LogP contribution in [0.4, 0.5) is 8.78 Å². The zero-order valence-electron chi connectivity index (χ0n) is 16.4. The molecule has 1 fully saturated rings. The van der Waals surface area contributed by atoms with Crippen molar-refractivity contribution < 1.29 is 13.3 Å². The summed E-state index contributed by atoms with van der Waals surface area (Å²) in [5.41, 5.74) is 1.68. The fourth-order valence-electron chi connectivity index (χ4n) is 3.74. The number of benzene rings is 2. The molecule has 4 rings (SSSR count). The fourth-order valence-corrected chi connectivity index (χ4v) is 3.74. The first-order valence-corrected chi connectivity index (χ1v) is 9.85. The molecule has 1 saturated heterocycles. The Kier molecular flexibility index (Phi) is 5.97. The van der Waals surface area contributed by atoms with E-state index in [1.54, 1.807) is 0 Å². The Labute approximate surface area is 168 Å². The first-order valence-electron chi connectivity index (χ1n) is 9.85. The van der Waals surface area contributed by atoms with E-state index in [4.69, 9.17) is 4.52 Å². The summed E-state index contributed by atoms with van der Waals surface area (Å²) in [6, 6.07) is 13.8. The van der Waals surface area contributed by atoms with Gasteiger partial charge >= 0.3 is 0 Å². The van der Waals surface area contributed by atoms with E-state index in [2.05, 4.69) is 19.9 Å². The van der Waals surface area contributed by atoms with Crippen LogP contribution in [-0.4, -0.2) is 46.1 Å². The summed E-state index contributed by atoms with van der Waals surface area (Å²) in [5.74, 6) is 0.262. The van der Waals surface area contributed by atoms with Gasteiger partial charge in [-0.2, -0.15) is 4.98 Å². The third-order valence-electron chi connectivity index (χ3n) is 5.44. The highest BCUT2D eigenvalue weighted by Crippen LogP contribution is 2.25. The lowest BCUT2D eigenvalue weighted by atomic mass is 10.1. The first kappa shape index (κ1) is 19.7. The molecule has 0 bridgehead atoms. The van der Waals surface area contributed by atoms with Crippen molar-refractivity contribution in [3.05, 3.63) is 83.0 Å². The zero-order chi connectivity index (χ0) is 20.2. The lowest BCUT2D eigenvalue weighted by Gasteiger charge is -2.37. The Hall–Kier alpha value is -2.64. The van der Waals surface area contributed by atoms with Gasteiger partial charge in [0.25, 0.3) is 0 Å². The van der Waals surface area contributed by atoms with E-state index in [-0.39, 0.29) is 6.04 Å². The monoisotopic (exact) mass is 398 g/mol. The molecule has 3 aromatic rings. The van der Waals surface area contributed by atoms with Crippen molar-refractivity contribution >= 4 is 0 Å². The molecule has 2 heterocycles. The van der Waals surface area contributed by atoms with Crippen molar-refractivity contribution in [3.63, 3.8) is 0 Å². The number of aromatic nitrogens is 2. The summed E-state index contributed by atoms with van der Waals surface area (Å²) in [6.45, 7) is 5.80. The van der Waals surface area contributed by atoms with Gasteiger partial charge in [0.2, 0.25) is 5.89 Å². The molecule has 29 heavy (non-hydrogen) atoms. The minimum atomic E-state index is -0.547. The average Bonchev–Trinajstić information content (AvgIpc) is 3.15. The van der Waals surface area contributed by atoms with Gasteiger partial charge in [-0.3, -0.25) is 9.80 Å². The van der Waals surface area contributed by atoms with E-state index in [1.807, 2.05) is 37.3 Å². The molecule has 0 spiro atoms. The van der Waals surface area contributed by atoms with Gasteiger partial charge < -0.3 is 4.52 Å². The minimum absolute atomic E-state index is 0.0985. The predicted molar refractivity (Wildman–Crippen MR) is 105 cm³/mol. The second-order valence-electron chi connectivity index (χ2n) is 7.42. The van der Waals surface area contributed by atoms with Crippen molar-refractivity contribution in [1.29, 1.82) is 0 Å². The quantitative estimate of drug-likeness (QED) is 0.632. The highest BCUT2D eigenvalue weighted by Gasteiger charge is 2.25. The van der Waals surface area contributed by atoms with Crippen LogP contribution in [0.5, 0.6) is 0 Å². The molecule has 5 nitrogen and oxygen atoms in total. The van der Waals surface area contributed by atoms with Crippen molar-refractivity contribution in [2.45, 2.75) is 25.9 Å². The molecule has 7 heteroatoms. The predicted octanol–water partition coefficient (Wildman–Crippen LogP) is 3.82. The highest BCUT2D eigenvalue weighted by atomic mass is 19.1. The molecule has 2 aromatic carbocycles. The SMILES string of the molecule is CC(c1ccc(F)cc1F)N1CCN(Cc2nc(Cc3ccccc3)no2)CC1. The van der Waals surface area contributed by atoms with Gasteiger partial charge in [-0.1, -0.05) is 41.6 Å². The summed E-state index contributed by atoms with van der Waals surface area (Å²) in [6.07, 6.45) is 0.652. The second-order valence-corrected chi connectivity index (χ2v) is 7.42. The van der Waals surface area contributed by atoms with Gasteiger partial charge in [-0.25, -0.2) is 8.78 Å². The molecule has 152 valence electrons.